The van der Waals surface area contributed by atoms with Crippen molar-refractivity contribution in [2.24, 2.45) is 5.14 Å². The van der Waals surface area contributed by atoms with E-state index in [1.54, 1.807) is 0 Å². The van der Waals surface area contributed by atoms with E-state index in [9.17, 15) is 28.1 Å². The fourth-order valence-electron chi connectivity index (χ4n) is 3.36. The molecule has 0 spiro atoms. The maximum Gasteiger partial charge on any atom is 0.338 e. The fraction of sp³-hybridized carbons (Fsp3) is 0.300. The van der Waals surface area contributed by atoms with Crippen LogP contribution in [0.25, 0.3) is 0 Å². The minimum atomic E-state index is -3.94. The molecule has 1 fully saturated rings. The van der Waals surface area contributed by atoms with Crippen LogP contribution >= 0.6 is 0 Å². The van der Waals surface area contributed by atoms with E-state index in [0.717, 1.165) is 31.4 Å². The number of nitrogens with two attached hydrogens (primary N) is 1. The summed E-state index contributed by atoms with van der Waals surface area (Å²) in [5.74, 6) is -1.61. The number of carbonyl (C=O) groups excluding carboxylic acids is 2. The maximum atomic E-state index is 12.3. The molecule has 1 saturated heterocycles. The van der Waals surface area contributed by atoms with Crippen LogP contribution in [0, 0.1) is 10.1 Å². The molecule has 2 aromatic rings. The number of nitrogens with one attached hydrogen (secondary N) is 1. The molecule has 0 aliphatic carbocycles. The van der Waals surface area contributed by atoms with E-state index in [1.807, 2.05) is 4.90 Å². The van der Waals surface area contributed by atoms with Crippen molar-refractivity contribution in [2.45, 2.75) is 24.2 Å². The Morgan fingerprint density at radius 3 is 2.50 bits per heavy atom. The van der Waals surface area contributed by atoms with Gasteiger partial charge in [0, 0.05) is 24.8 Å². The average molecular weight is 462 g/mol. The van der Waals surface area contributed by atoms with Crippen LogP contribution in [0.1, 0.15) is 29.6 Å². The van der Waals surface area contributed by atoms with Gasteiger partial charge in [-0.05, 0) is 49.6 Å². The topological polar surface area (TPSA) is 162 Å². The molecular formula is C20H22N4O7S. The number of nitrogens with zero attached hydrogens (tertiary/aromatic N) is 2. The molecular weight excluding hydrogens is 440 g/mol. The van der Waals surface area contributed by atoms with Crippen LogP contribution in [0.15, 0.2) is 47.4 Å². The van der Waals surface area contributed by atoms with E-state index in [-0.39, 0.29) is 21.8 Å². The highest BCUT2D eigenvalue weighted by Gasteiger charge is 2.24. The summed E-state index contributed by atoms with van der Waals surface area (Å²) in [6.45, 7) is 0.745. The summed E-state index contributed by atoms with van der Waals surface area (Å²) < 4.78 is 27.7. The molecule has 1 heterocycles. The maximum absolute atomic E-state index is 12.3. The van der Waals surface area contributed by atoms with Crippen molar-refractivity contribution < 1.29 is 27.7 Å². The molecule has 32 heavy (non-hydrogen) atoms. The lowest BCUT2D eigenvalue weighted by molar-refractivity contribution is -0.384. The molecule has 0 aromatic heterocycles. The molecule has 11 nitrogen and oxygen atoms in total. The molecule has 12 heteroatoms. The first kappa shape index (κ1) is 23.2. The third-order valence-corrected chi connectivity index (χ3v) is 5.80. The number of nitro benzene ring substituents is 1. The van der Waals surface area contributed by atoms with E-state index in [4.69, 9.17) is 9.88 Å². The zero-order valence-electron chi connectivity index (χ0n) is 17.0. The highest BCUT2D eigenvalue weighted by Crippen LogP contribution is 2.31. The lowest BCUT2D eigenvalue weighted by atomic mass is 10.1. The molecule has 0 saturated carbocycles. The van der Waals surface area contributed by atoms with Crippen LogP contribution in [0.3, 0.4) is 0 Å². The zero-order chi connectivity index (χ0) is 23.3. The van der Waals surface area contributed by atoms with Crippen molar-refractivity contribution in [2.75, 3.05) is 29.9 Å². The molecule has 3 N–H and O–H groups in total. The Kier molecular flexibility index (Phi) is 7.05. The first-order valence-corrected chi connectivity index (χ1v) is 11.3. The number of carbonyl (C=O) groups is 2. The molecule has 0 radical (unpaired) electrons. The first-order chi connectivity index (χ1) is 15.1. The van der Waals surface area contributed by atoms with Crippen molar-refractivity contribution in [1.82, 2.24) is 0 Å². The number of hydrogen-bond donors (Lipinski definition) is 2. The monoisotopic (exact) mass is 462 g/mol. The number of hydrogen-bond acceptors (Lipinski definition) is 8. The number of primary sulfonamides is 1. The lowest BCUT2D eigenvalue weighted by Gasteiger charge is -2.28. The van der Waals surface area contributed by atoms with Gasteiger partial charge in [-0.25, -0.2) is 18.4 Å². The van der Waals surface area contributed by atoms with Crippen LogP contribution in [0.5, 0.6) is 0 Å². The van der Waals surface area contributed by atoms with Gasteiger partial charge in [-0.2, -0.15) is 0 Å². The Labute approximate surface area is 184 Å². The lowest BCUT2D eigenvalue weighted by Crippen LogP contribution is -2.30. The number of ether oxygens (including phenoxy) is 1. The summed E-state index contributed by atoms with van der Waals surface area (Å²) >= 11 is 0. The van der Waals surface area contributed by atoms with Gasteiger partial charge >= 0.3 is 5.97 Å². The molecule has 2 aromatic carbocycles. The molecule has 1 aliphatic rings. The van der Waals surface area contributed by atoms with Gasteiger partial charge in [-0.3, -0.25) is 14.9 Å². The predicted octanol–water partition coefficient (Wildman–Crippen LogP) is 2.03. The molecule has 1 amide bonds. The number of sulfonamides is 1. The molecule has 3 rings (SSSR count). The van der Waals surface area contributed by atoms with E-state index >= 15 is 0 Å². The van der Waals surface area contributed by atoms with Gasteiger partial charge in [0.05, 0.1) is 15.4 Å². The number of piperidine rings is 1. The first-order valence-electron chi connectivity index (χ1n) is 9.78. The number of amides is 1. The normalized spacial score (nSPS) is 14.0. The standard InChI is InChI=1S/C20H22N4O7S/c21-32(29,30)16-6-4-5-15(12-16)22-19(25)13-31-20(26)14-7-8-17(18(11-14)24(27)28)23-9-2-1-3-10-23/h4-8,11-12H,1-3,9-10,13H2,(H,22,25)(H2,21,29,30). The van der Waals surface area contributed by atoms with Gasteiger partial charge < -0.3 is 15.0 Å². The minimum Gasteiger partial charge on any atom is -0.452 e. The van der Waals surface area contributed by atoms with Crippen molar-refractivity contribution in [3.63, 3.8) is 0 Å². The molecule has 0 unspecified atom stereocenters. The van der Waals surface area contributed by atoms with Crippen molar-refractivity contribution in [3.05, 3.63) is 58.1 Å². The number of anilines is 2. The molecule has 0 bridgehead atoms. The molecule has 1 aliphatic heterocycles. The quantitative estimate of drug-likeness (QED) is 0.359. The molecule has 0 atom stereocenters. The largest absolute Gasteiger partial charge is 0.452 e. The Bertz CT molecular complexity index is 1140. The second-order valence-corrected chi connectivity index (χ2v) is 8.77. The van der Waals surface area contributed by atoms with Crippen LogP contribution in [0.2, 0.25) is 0 Å². The van der Waals surface area contributed by atoms with Crippen LogP contribution in [-0.4, -0.2) is 44.9 Å². The van der Waals surface area contributed by atoms with E-state index in [2.05, 4.69) is 5.32 Å². The van der Waals surface area contributed by atoms with Crippen LogP contribution < -0.4 is 15.4 Å². The van der Waals surface area contributed by atoms with Crippen LogP contribution in [-0.2, 0) is 19.6 Å². The van der Waals surface area contributed by atoms with Crippen molar-refractivity contribution in [1.29, 1.82) is 0 Å². The van der Waals surface area contributed by atoms with Gasteiger partial charge in [0.2, 0.25) is 10.0 Å². The predicted molar refractivity (Wildman–Crippen MR) is 116 cm³/mol. The summed E-state index contributed by atoms with van der Waals surface area (Å²) in [7, 11) is -3.94. The summed E-state index contributed by atoms with van der Waals surface area (Å²) in [6.07, 6.45) is 2.95. The van der Waals surface area contributed by atoms with Crippen molar-refractivity contribution in [3.8, 4) is 0 Å². The number of esters is 1. The Balaban J connectivity index is 1.65. The Morgan fingerprint density at radius 1 is 1.12 bits per heavy atom. The highest BCUT2D eigenvalue weighted by atomic mass is 32.2. The Hall–Kier alpha value is -3.51. The van der Waals surface area contributed by atoms with Crippen LogP contribution in [0.4, 0.5) is 17.1 Å². The Morgan fingerprint density at radius 2 is 1.84 bits per heavy atom. The minimum absolute atomic E-state index is 0.0542. The number of nitro groups is 1. The smallest absolute Gasteiger partial charge is 0.338 e. The van der Waals surface area contributed by atoms with Gasteiger partial charge in [-0.15, -0.1) is 0 Å². The third-order valence-electron chi connectivity index (χ3n) is 4.89. The average Bonchev–Trinajstić information content (AvgIpc) is 2.77. The fourth-order valence-corrected chi connectivity index (χ4v) is 3.92. The highest BCUT2D eigenvalue weighted by molar-refractivity contribution is 7.89. The van der Waals surface area contributed by atoms with Gasteiger partial charge in [0.25, 0.3) is 11.6 Å². The number of benzene rings is 2. The van der Waals surface area contributed by atoms with Gasteiger partial charge in [0.15, 0.2) is 6.61 Å². The third kappa shape index (κ3) is 5.80. The summed E-state index contributed by atoms with van der Waals surface area (Å²) in [5, 5.41) is 19.0. The summed E-state index contributed by atoms with van der Waals surface area (Å²) in [5.41, 5.74) is 0.338. The SMILES string of the molecule is NS(=O)(=O)c1cccc(NC(=O)COC(=O)c2ccc(N3CCCCC3)c([N+](=O)[O-])c2)c1. The van der Waals surface area contributed by atoms with E-state index in [0.29, 0.717) is 18.8 Å². The zero-order valence-corrected chi connectivity index (χ0v) is 17.8. The summed E-state index contributed by atoms with van der Waals surface area (Å²) in [6, 6.07) is 9.34. The van der Waals surface area contributed by atoms with E-state index in [1.165, 1.54) is 30.3 Å². The second kappa shape index (κ2) is 9.75. The van der Waals surface area contributed by atoms with Gasteiger partial charge in [0.1, 0.15) is 5.69 Å². The van der Waals surface area contributed by atoms with Gasteiger partial charge in [-0.1, -0.05) is 6.07 Å². The number of rotatable bonds is 7. The summed E-state index contributed by atoms with van der Waals surface area (Å²) in [4.78, 5) is 37.1. The van der Waals surface area contributed by atoms with E-state index < -0.39 is 33.4 Å². The second-order valence-electron chi connectivity index (χ2n) is 7.21. The van der Waals surface area contributed by atoms with Crippen molar-refractivity contribution >= 4 is 39.0 Å². The molecule has 170 valence electrons.